The van der Waals surface area contributed by atoms with Gasteiger partial charge in [0.1, 0.15) is 0 Å². The number of benzene rings is 1. The molecule has 1 aromatic carbocycles. The first-order valence-electron chi connectivity index (χ1n) is 5.73. The number of halogens is 1. The van der Waals surface area contributed by atoms with E-state index in [9.17, 15) is 0 Å². The molecule has 1 saturated carbocycles. The van der Waals surface area contributed by atoms with Crippen molar-refractivity contribution < 1.29 is 5.11 Å². The van der Waals surface area contributed by atoms with Crippen molar-refractivity contribution in [3.8, 4) is 6.07 Å². The van der Waals surface area contributed by atoms with Gasteiger partial charge in [-0.2, -0.15) is 5.26 Å². The summed E-state index contributed by atoms with van der Waals surface area (Å²) in [5.74, 6) is 0. The zero-order valence-electron chi connectivity index (χ0n) is 9.54. The molecule has 0 aromatic heterocycles. The summed E-state index contributed by atoms with van der Waals surface area (Å²) in [5.41, 5.74) is 1.95. The minimum atomic E-state index is 0.260. The monoisotopic (exact) mass is 294 g/mol. The number of nitriles is 1. The molecule has 3 nitrogen and oxygen atoms in total. The molecule has 90 valence electrons. The lowest BCUT2D eigenvalue weighted by atomic mass is 10.0. The van der Waals surface area contributed by atoms with E-state index in [0.717, 1.165) is 23.1 Å². The second-order valence-corrected chi connectivity index (χ2v) is 5.49. The minimum Gasteiger partial charge on any atom is -0.396 e. The van der Waals surface area contributed by atoms with Crippen molar-refractivity contribution in [3.05, 3.63) is 28.2 Å². The second-order valence-electron chi connectivity index (χ2n) is 4.63. The summed E-state index contributed by atoms with van der Waals surface area (Å²) >= 11 is 3.45. The maximum absolute atomic E-state index is 8.99. The van der Waals surface area contributed by atoms with Gasteiger partial charge < -0.3 is 10.4 Å². The maximum Gasteiger partial charge on any atom is 0.0992 e. The van der Waals surface area contributed by atoms with Crippen LogP contribution in [0.3, 0.4) is 0 Å². The van der Waals surface area contributed by atoms with Crippen molar-refractivity contribution in [2.75, 3.05) is 18.5 Å². The van der Waals surface area contributed by atoms with Crippen molar-refractivity contribution >= 4 is 21.6 Å². The molecule has 0 saturated heterocycles. The molecule has 0 aliphatic heterocycles. The first kappa shape index (κ1) is 12.4. The van der Waals surface area contributed by atoms with Gasteiger partial charge in [0.25, 0.3) is 0 Å². The van der Waals surface area contributed by atoms with E-state index >= 15 is 0 Å². The van der Waals surface area contributed by atoms with Gasteiger partial charge in [0, 0.05) is 23.3 Å². The van der Waals surface area contributed by atoms with Crippen molar-refractivity contribution in [2.45, 2.75) is 19.3 Å². The van der Waals surface area contributed by atoms with Gasteiger partial charge in [-0.15, -0.1) is 0 Å². The third-order valence-electron chi connectivity index (χ3n) is 3.35. The summed E-state index contributed by atoms with van der Waals surface area (Å²) in [7, 11) is 0. The fourth-order valence-electron chi connectivity index (χ4n) is 1.94. The van der Waals surface area contributed by atoms with Crippen LogP contribution in [0.5, 0.6) is 0 Å². The van der Waals surface area contributed by atoms with Crippen LogP contribution < -0.4 is 5.32 Å². The molecule has 1 fully saturated rings. The van der Waals surface area contributed by atoms with E-state index in [4.69, 9.17) is 10.4 Å². The molecule has 0 radical (unpaired) electrons. The SMILES string of the molecule is N#Cc1ccc(NCC2(CCO)CC2)c(Br)c1. The Bertz CT molecular complexity index is 449. The normalized spacial score (nSPS) is 16.3. The average molecular weight is 295 g/mol. The van der Waals surface area contributed by atoms with E-state index in [1.807, 2.05) is 12.1 Å². The summed E-state index contributed by atoms with van der Waals surface area (Å²) in [4.78, 5) is 0. The van der Waals surface area contributed by atoms with E-state index in [0.29, 0.717) is 11.0 Å². The molecule has 0 heterocycles. The highest BCUT2D eigenvalue weighted by atomic mass is 79.9. The van der Waals surface area contributed by atoms with Gasteiger partial charge in [-0.1, -0.05) is 0 Å². The number of aliphatic hydroxyl groups is 1. The van der Waals surface area contributed by atoms with Crippen LogP contribution in [0.25, 0.3) is 0 Å². The molecular formula is C13H15BrN2O. The topological polar surface area (TPSA) is 56.0 Å². The summed E-state index contributed by atoms with van der Waals surface area (Å²) in [6, 6.07) is 7.64. The van der Waals surface area contributed by atoms with Crippen molar-refractivity contribution in [1.29, 1.82) is 5.26 Å². The second kappa shape index (κ2) is 5.07. The molecule has 0 amide bonds. The molecule has 0 bridgehead atoms. The lowest BCUT2D eigenvalue weighted by Gasteiger charge is -2.16. The smallest absolute Gasteiger partial charge is 0.0992 e. The van der Waals surface area contributed by atoms with Crippen LogP contribution in [0.1, 0.15) is 24.8 Å². The van der Waals surface area contributed by atoms with Gasteiger partial charge in [-0.3, -0.25) is 0 Å². The van der Waals surface area contributed by atoms with Gasteiger partial charge in [-0.25, -0.2) is 0 Å². The maximum atomic E-state index is 8.99. The van der Waals surface area contributed by atoms with Crippen LogP contribution in [0.15, 0.2) is 22.7 Å². The van der Waals surface area contributed by atoms with Gasteiger partial charge in [0.2, 0.25) is 0 Å². The fraction of sp³-hybridized carbons (Fsp3) is 0.462. The van der Waals surface area contributed by atoms with E-state index in [1.165, 1.54) is 12.8 Å². The molecule has 0 atom stereocenters. The zero-order chi connectivity index (χ0) is 12.3. The Hall–Kier alpha value is -1.05. The molecule has 17 heavy (non-hydrogen) atoms. The van der Waals surface area contributed by atoms with Crippen LogP contribution in [-0.2, 0) is 0 Å². The summed E-state index contributed by atoms with van der Waals surface area (Å²) in [5, 5.41) is 21.1. The standard InChI is InChI=1S/C13H15BrN2O/c14-11-7-10(8-15)1-2-12(11)16-9-13(3-4-13)5-6-17/h1-2,7,16-17H,3-6,9H2. The van der Waals surface area contributed by atoms with Crippen molar-refractivity contribution in [2.24, 2.45) is 5.41 Å². The number of nitrogens with one attached hydrogen (secondary N) is 1. The molecule has 1 aliphatic rings. The zero-order valence-corrected chi connectivity index (χ0v) is 11.1. The van der Waals surface area contributed by atoms with Gasteiger partial charge in [0.05, 0.1) is 11.6 Å². The molecule has 4 heteroatoms. The molecule has 1 aromatic rings. The fourth-order valence-corrected chi connectivity index (χ4v) is 2.46. The number of anilines is 1. The van der Waals surface area contributed by atoms with Crippen LogP contribution in [0.4, 0.5) is 5.69 Å². The Balaban J connectivity index is 1.98. The third-order valence-corrected chi connectivity index (χ3v) is 4.01. The summed E-state index contributed by atoms with van der Waals surface area (Å²) in [6.07, 6.45) is 3.25. The first-order chi connectivity index (χ1) is 8.19. The van der Waals surface area contributed by atoms with Gasteiger partial charge >= 0.3 is 0 Å². The Morgan fingerprint density at radius 1 is 1.47 bits per heavy atom. The minimum absolute atomic E-state index is 0.260. The summed E-state index contributed by atoms with van der Waals surface area (Å²) in [6.45, 7) is 1.15. The highest BCUT2D eigenvalue weighted by Crippen LogP contribution is 2.48. The van der Waals surface area contributed by atoms with Crippen LogP contribution >= 0.6 is 15.9 Å². The predicted molar refractivity (Wildman–Crippen MR) is 70.7 cm³/mol. The number of nitrogens with zero attached hydrogens (tertiary/aromatic N) is 1. The van der Waals surface area contributed by atoms with E-state index in [2.05, 4.69) is 27.3 Å². The lowest BCUT2D eigenvalue weighted by molar-refractivity contribution is 0.253. The number of rotatable bonds is 5. The highest BCUT2D eigenvalue weighted by Gasteiger charge is 2.41. The quantitative estimate of drug-likeness (QED) is 0.878. The Morgan fingerprint density at radius 2 is 2.24 bits per heavy atom. The van der Waals surface area contributed by atoms with Crippen LogP contribution in [0, 0.1) is 16.7 Å². The van der Waals surface area contributed by atoms with Crippen LogP contribution in [-0.4, -0.2) is 18.3 Å². The lowest BCUT2D eigenvalue weighted by Crippen LogP contribution is -2.17. The molecule has 2 N–H and O–H groups in total. The van der Waals surface area contributed by atoms with Crippen molar-refractivity contribution in [1.82, 2.24) is 0 Å². The summed E-state index contributed by atoms with van der Waals surface area (Å²) < 4.78 is 0.913. The molecule has 0 spiro atoms. The average Bonchev–Trinajstić information content (AvgIpc) is 3.08. The van der Waals surface area contributed by atoms with E-state index < -0.39 is 0 Å². The predicted octanol–water partition coefficient (Wildman–Crippen LogP) is 2.90. The Morgan fingerprint density at radius 3 is 2.76 bits per heavy atom. The van der Waals surface area contributed by atoms with Crippen molar-refractivity contribution in [3.63, 3.8) is 0 Å². The molecule has 2 rings (SSSR count). The molecule has 0 unspecified atom stereocenters. The van der Waals surface area contributed by atoms with Gasteiger partial charge in [-0.05, 0) is 58.8 Å². The number of aliphatic hydroxyl groups excluding tert-OH is 1. The van der Waals surface area contributed by atoms with E-state index in [1.54, 1.807) is 6.07 Å². The van der Waals surface area contributed by atoms with Gasteiger partial charge in [0.15, 0.2) is 0 Å². The molecule has 1 aliphatic carbocycles. The highest BCUT2D eigenvalue weighted by molar-refractivity contribution is 9.10. The Labute approximate surface area is 110 Å². The third kappa shape index (κ3) is 2.99. The number of hydrogen-bond acceptors (Lipinski definition) is 3. The van der Waals surface area contributed by atoms with E-state index in [-0.39, 0.29) is 6.61 Å². The Kier molecular flexibility index (Phi) is 3.70. The number of hydrogen-bond donors (Lipinski definition) is 2. The first-order valence-corrected chi connectivity index (χ1v) is 6.53. The largest absolute Gasteiger partial charge is 0.396 e. The van der Waals surface area contributed by atoms with Crippen LogP contribution in [0.2, 0.25) is 0 Å². The molecular weight excluding hydrogens is 280 g/mol.